The minimum atomic E-state index is -0.485. The standard InChI is InChI=1S/C20H27N5O2/c1-20(19(26)23-15-6-8-16(27-4)9-7-15)10-5-11-25(13-20)18-12-17(24(2)3)21-14-22-18/h6-9,12,14H,5,10-11,13H2,1-4H3,(H,23,26)/t20-/m0/s1. The van der Waals surface area contributed by atoms with E-state index in [-0.39, 0.29) is 5.91 Å². The van der Waals surface area contributed by atoms with Gasteiger partial charge in [-0.25, -0.2) is 9.97 Å². The number of anilines is 3. The third kappa shape index (κ3) is 4.30. The summed E-state index contributed by atoms with van der Waals surface area (Å²) in [7, 11) is 5.53. The Balaban J connectivity index is 1.72. The van der Waals surface area contributed by atoms with E-state index in [1.807, 2.05) is 56.3 Å². The average molecular weight is 369 g/mol. The molecule has 2 heterocycles. The molecule has 1 atom stereocenters. The van der Waals surface area contributed by atoms with E-state index in [9.17, 15) is 4.79 Å². The molecule has 1 aliphatic rings. The van der Waals surface area contributed by atoms with Gasteiger partial charge in [0.1, 0.15) is 23.7 Å². The van der Waals surface area contributed by atoms with E-state index in [0.29, 0.717) is 6.54 Å². The SMILES string of the molecule is COc1ccc(NC(=O)[C@@]2(C)CCCN(c3cc(N(C)C)ncn3)C2)cc1. The molecule has 144 valence electrons. The van der Waals surface area contributed by atoms with Crippen LogP contribution in [0, 0.1) is 5.41 Å². The van der Waals surface area contributed by atoms with E-state index >= 15 is 0 Å². The van der Waals surface area contributed by atoms with E-state index in [2.05, 4.69) is 20.2 Å². The number of rotatable bonds is 5. The monoisotopic (exact) mass is 369 g/mol. The predicted molar refractivity (Wildman–Crippen MR) is 108 cm³/mol. The van der Waals surface area contributed by atoms with E-state index in [1.54, 1.807) is 13.4 Å². The van der Waals surface area contributed by atoms with Crippen molar-refractivity contribution in [3.63, 3.8) is 0 Å². The molecule has 0 saturated carbocycles. The van der Waals surface area contributed by atoms with Gasteiger partial charge in [0.15, 0.2) is 0 Å². The number of ether oxygens (including phenoxy) is 1. The largest absolute Gasteiger partial charge is 0.497 e. The summed E-state index contributed by atoms with van der Waals surface area (Å²) in [6.07, 6.45) is 3.36. The van der Waals surface area contributed by atoms with Gasteiger partial charge in [0.2, 0.25) is 5.91 Å². The molecule has 2 aromatic rings. The third-order valence-electron chi connectivity index (χ3n) is 5.01. The van der Waals surface area contributed by atoms with Crippen LogP contribution in [0.5, 0.6) is 5.75 Å². The second-order valence-electron chi connectivity index (χ2n) is 7.40. The number of carbonyl (C=O) groups is 1. The summed E-state index contributed by atoms with van der Waals surface area (Å²) in [6, 6.07) is 9.36. The molecule has 0 unspecified atom stereocenters. The number of hydrogen-bond donors (Lipinski definition) is 1. The number of carbonyl (C=O) groups excluding carboxylic acids is 1. The minimum Gasteiger partial charge on any atom is -0.497 e. The summed E-state index contributed by atoms with van der Waals surface area (Å²) in [5, 5.41) is 3.04. The number of methoxy groups -OCH3 is 1. The van der Waals surface area contributed by atoms with Crippen molar-refractivity contribution in [3.05, 3.63) is 36.7 Å². The zero-order valence-electron chi connectivity index (χ0n) is 16.4. The Morgan fingerprint density at radius 3 is 2.67 bits per heavy atom. The summed E-state index contributed by atoms with van der Waals surface area (Å²) in [4.78, 5) is 25.8. The van der Waals surface area contributed by atoms with E-state index in [1.165, 1.54) is 0 Å². The van der Waals surface area contributed by atoms with Crippen molar-refractivity contribution in [2.75, 3.05) is 49.4 Å². The van der Waals surface area contributed by atoms with E-state index in [4.69, 9.17) is 4.74 Å². The number of piperidine rings is 1. The van der Waals surface area contributed by atoms with Crippen LogP contribution in [0.4, 0.5) is 17.3 Å². The van der Waals surface area contributed by atoms with Gasteiger partial charge in [-0.1, -0.05) is 0 Å². The molecule has 1 saturated heterocycles. The van der Waals surface area contributed by atoms with Gasteiger partial charge in [0.05, 0.1) is 12.5 Å². The highest BCUT2D eigenvalue weighted by Crippen LogP contribution is 2.33. The lowest BCUT2D eigenvalue weighted by molar-refractivity contribution is -0.125. The molecule has 7 heteroatoms. The number of aromatic nitrogens is 2. The molecule has 1 aromatic heterocycles. The normalized spacial score (nSPS) is 19.5. The first-order valence-corrected chi connectivity index (χ1v) is 9.11. The molecule has 0 bridgehead atoms. The van der Waals surface area contributed by atoms with Crippen LogP contribution in [-0.4, -0.2) is 50.2 Å². The smallest absolute Gasteiger partial charge is 0.232 e. The molecule has 0 aliphatic carbocycles. The maximum Gasteiger partial charge on any atom is 0.232 e. The van der Waals surface area contributed by atoms with Crippen molar-refractivity contribution in [1.82, 2.24) is 9.97 Å². The molecule has 1 aliphatic heterocycles. The van der Waals surface area contributed by atoms with Crippen LogP contribution in [0.1, 0.15) is 19.8 Å². The lowest BCUT2D eigenvalue weighted by atomic mass is 9.81. The molecule has 1 N–H and O–H groups in total. The quantitative estimate of drug-likeness (QED) is 0.874. The van der Waals surface area contributed by atoms with Crippen molar-refractivity contribution in [1.29, 1.82) is 0 Å². The van der Waals surface area contributed by atoms with Crippen LogP contribution >= 0.6 is 0 Å². The van der Waals surface area contributed by atoms with Gasteiger partial charge in [-0.05, 0) is 44.0 Å². The Kier molecular flexibility index (Phi) is 5.48. The van der Waals surface area contributed by atoms with Gasteiger partial charge in [0.25, 0.3) is 0 Å². The molecule has 0 spiro atoms. The van der Waals surface area contributed by atoms with Crippen molar-refractivity contribution in [3.8, 4) is 5.75 Å². The molecule has 7 nitrogen and oxygen atoms in total. The summed E-state index contributed by atoms with van der Waals surface area (Å²) in [5.74, 6) is 2.51. The fourth-order valence-corrected chi connectivity index (χ4v) is 3.33. The van der Waals surface area contributed by atoms with Gasteiger partial charge in [-0.15, -0.1) is 0 Å². The fourth-order valence-electron chi connectivity index (χ4n) is 3.33. The molecule has 3 rings (SSSR count). The number of hydrogen-bond acceptors (Lipinski definition) is 6. The van der Waals surface area contributed by atoms with Crippen LogP contribution in [-0.2, 0) is 4.79 Å². The van der Waals surface area contributed by atoms with Gasteiger partial charge in [-0.2, -0.15) is 0 Å². The topological polar surface area (TPSA) is 70.6 Å². The Morgan fingerprint density at radius 2 is 2.00 bits per heavy atom. The minimum absolute atomic E-state index is 0.0271. The summed E-state index contributed by atoms with van der Waals surface area (Å²) in [5.41, 5.74) is 0.289. The Hall–Kier alpha value is -2.83. The highest BCUT2D eigenvalue weighted by Gasteiger charge is 2.38. The zero-order valence-corrected chi connectivity index (χ0v) is 16.4. The summed E-state index contributed by atoms with van der Waals surface area (Å²) in [6.45, 7) is 3.53. The lowest BCUT2D eigenvalue weighted by Crippen LogP contribution is -2.48. The fraction of sp³-hybridized carbons (Fsp3) is 0.450. The van der Waals surface area contributed by atoms with E-state index < -0.39 is 5.41 Å². The number of nitrogens with zero attached hydrogens (tertiary/aromatic N) is 4. The summed E-state index contributed by atoms with van der Waals surface area (Å²) < 4.78 is 5.16. The van der Waals surface area contributed by atoms with Crippen LogP contribution in [0.15, 0.2) is 36.7 Å². The van der Waals surface area contributed by atoms with Gasteiger partial charge in [0, 0.05) is 38.9 Å². The van der Waals surface area contributed by atoms with Crippen LogP contribution in [0.3, 0.4) is 0 Å². The molecule has 1 amide bonds. The van der Waals surface area contributed by atoms with Crippen LogP contribution in [0.2, 0.25) is 0 Å². The Labute approximate surface area is 160 Å². The lowest BCUT2D eigenvalue weighted by Gasteiger charge is -2.40. The Bertz CT molecular complexity index is 793. The van der Waals surface area contributed by atoms with Crippen LogP contribution in [0.25, 0.3) is 0 Å². The van der Waals surface area contributed by atoms with E-state index in [0.717, 1.165) is 42.5 Å². The second-order valence-corrected chi connectivity index (χ2v) is 7.40. The van der Waals surface area contributed by atoms with Gasteiger partial charge < -0.3 is 19.9 Å². The number of nitrogens with one attached hydrogen (secondary N) is 1. The summed E-state index contributed by atoms with van der Waals surface area (Å²) >= 11 is 0. The molecule has 27 heavy (non-hydrogen) atoms. The first kappa shape index (κ1) is 18.9. The maximum absolute atomic E-state index is 13.0. The first-order chi connectivity index (χ1) is 12.9. The van der Waals surface area contributed by atoms with Crippen molar-refractivity contribution in [2.45, 2.75) is 19.8 Å². The zero-order chi connectivity index (χ0) is 19.4. The second kappa shape index (κ2) is 7.82. The van der Waals surface area contributed by atoms with Crippen LogP contribution < -0.4 is 19.9 Å². The number of benzene rings is 1. The molecule has 1 aromatic carbocycles. The van der Waals surface area contributed by atoms with Crippen molar-refractivity contribution >= 4 is 23.2 Å². The molecular formula is C20H27N5O2. The molecular weight excluding hydrogens is 342 g/mol. The Morgan fingerprint density at radius 1 is 1.26 bits per heavy atom. The third-order valence-corrected chi connectivity index (χ3v) is 5.01. The van der Waals surface area contributed by atoms with Crippen molar-refractivity contribution < 1.29 is 9.53 Å². The highest BCUT2D eigenvalue weighted by molar-refractivity contribution is 5.95. The maximum atomic E-state index is 13.0. The van der Waals surface area contributed by atoms with Gasteiger partial charge in [-0.3, -0.25) is 4.79 Å². The first-order valence-electron chi connectivity index (χ1n) is 9.11. The average Bonchev–Trinajstić information content (AvgIpc) is 2.68. The molecule has 0 radical (unpaired) electrons. The highest BCUT2D eigenvalue weighted by atomic mass is 16.5. The molecule has 1 fully saturated rings. The van der Waals surface area contributed by atoms with Gasteiger partial charge >= 0.3 is 0 Å². The van der Waals surface area contributed by atoms with Crippen molar-refractivity contribution in [2.24, 2.45) is 5.41 Å². The predicted octanol–water partition coefficient (Wildman–Crippen LogP) is 2.80. The number of amides is 1.